The fourth-order valence-corrected chi connectivity index (χ4v) is 2.21. The van der Waals surface area contributed by atoms with Crippen molar-refractivity contribution in [1.29, 1.82) is 0 Å². The summed E-state index contributed by atoms with van der Waals surface area (Å²) in [6, 6.07) is 0. The molecule has 1 rings (SSSR count). The molecule has 0 unspecified atom stereocenters. The Labute approximate surface area is 65.0 Å². The van der Waals surface area contributed by atoms with Gasteiger partial charge >= 0.3 is 0 Å². The third-order valence-corrected chi connectivity index (χ3v) is 3.10. The Morgan fingerprint density at radius 3 is 1.20 bits per heavy atom. The predicted octanol–water partition coefficient (Wildman–Crippen LogP) is 3.32. The summed E-state index contributed by atoms with van der Waals surface area (Å²) >= 11 is 0. The third-order valence-electron chi connectivity index (χ3n) is 3.10. The van der Waals surface area contributed by atoms with Crippen molar-refractivity contribution in [3.63, 3.8) is 0 Å². The van der Waals surface area contributed by atoms with Gasteiger partial charge < -0.3 is 0 Å². The standard InChI is InChI=1S/C10H20/c1-7(2)9-5-6-10(9)8(3)4/h7-10H,5-6H2,1-4H3/t9-,10+. The van der Waals surface area contributed by atoms with Crippen LogP contribution < -0.4 is 0 Å². The molecule has 1 aliphatic carbocycles. The Morgan fingerprint density at radius 2 is 1.10 bits per heavy atom. The van der Waals surface area contributed by atoms with Gasteiger partial charge in [0.2, 0.25) is 0 Å². The van der Waals surface area contributed by atoms with Crippen molar-refractivity contribution in [3.05, 3.63) is 0 Å². The van der Waals surface area contributed by atoms with E-state index in [0.29, 0.717) is 0 Å². The van der Waals surface area contributed by atoms with Gasteiger partial charge in [0.1, 0.15) is 0 Å². The molecule has 0 amide bonds. The molecule has 0 heterocycles. The second-order valence-electron chi connectivity index (χ2n) is 4.39. The molecule has 1 saturated carbocycles. The lowest BCUT2D eigenvalue weighted by atomic mass is 9.64. The van der Waals surface area contributed by atoms with Crippen LogP contribution in [0.3, 0.4) is 0 Å². The average molecular weight is 140 g/mol. The van der Waals surface area contributed by atoms with Crippen LogP contribution in [0.2, 0.25) is 0 Å². The normalized spacial score (nSPS) is 33.0. The first-order valence-electron chi connectivity index (χ1n) is 4.63. The van der Waals surface area contributed by atoms with Crippen molar-refractivity contribution in [3.8, 4) is 0 Å². The van der Waals surface area contributed by atoms with Gasteiger partial charge in [0.05, 0.1) is 0 Å². The van der Waals surface area contributed by atoms with Crippen molar-refractivity contribution < 1.29 is 0 Å². The van der Waals surface area contributed by atoms with Gasteiger partial charge in [-0.15, -0.1) is 0 Å². The van der Waals surface area contributed by atoms with Crippen LogP contribution in [-0.2, 0) is 0 Å². The Balaban J connectivity index is 2.36. The smallest absolute Gasteiger partial charge is 0.0360 e. The average Bonchev–Trinajstić information content (AvgIpc) is 1.56. The molecule has 1 fully saturated rings. The van der Waals surface area contributed by atoms with Crippen LogP contribution in [-0.4, -0.2) is 0 Å². The molecule has 0 saturated heterocycles. The van der Waals surface area contributed by atoms with Gasteiger partial charge in [0.25, 0.3) is 0 Å². The molecule has 2 atom stereocenters. The first kappa shape index (κ1) is 8.10. The van der Waals surface area contributed by atoms with E-state index >= 15 is 0 Å². The van der Waals surface area contributed by atoms with Gasteiger partial charge in [-0.1, -0.05) is 27.7 Å². The summed E-state index contributed by atoms with van der Waals surface area (Å²) in [7, 11) is 0. The number of hydrogen-bond donors (Lipinski definition) is 0. The zero-order chi connectivity index (χ0) is 7.72. The van der Waals surface area contributed by atoms with Crippen molar-refractivity contribution in [2.75, 3.05) is 0 Å². The van der Waals surface area contributed by atoms with E-state index in [1.54, 1.807) is 0 Å². The minimum atomic E-state index is 0.918. The fourth-order valence-electron chi connectivity index (χ4n) is 2.21. The third kappa shape index (κ3) is 1.36. The lowest BCUT2D eigenvalue weighted by molar-refractivity contribution is 0.0793. The minimum absolute atomic E-state index is 0.918. The molecule has 0 spiro atoms. The number of rotatable bonds is 2. The van der Waals surface area contributed by atoms with Gasteiger partial charge in [-0.25, -0.2) is 0 Å². The van der Waals surface area contributed by atoms with Crippen LogP contribution in [0.1, 0.15) is 40.5 Å². The monoisotopic (exact) mass is 140 g/mol. The van der Waals surface area contributed by atoms with E-state index < -0.39 is 0 Å². The molecule has 1 aliphatic rings. The Bertz CT molecular complexity index is 88.6. The molecular formula is C10H20. The molecule has 10 heavy (non-hydrogen) atoms. The topological polar surface area (TPSA) is 0 Å². The van der Waals surface area contributed by atoms with Crippen LogP contribution >= 0.6 is 0 Å². The van der Waals surface area contributed by atoms with Gasteiger partial charge in [-0.2, -0.15) is 0 Å². The largest absolute Gasteiger partial charge is 0.0625 e. The lowest BCUT2D eigenvalue weighted by Gasteiger charge is -2.42. The highest BCUT2D eigenvalue weighted by Crippen LogP contribution is 2.43. The molecule has 0 aromatic carbocycles. The highest BCUT2D eigenvalue weighted by molar-refractivity contribution is 4.84. The second kappa shape index (κ2) is 2.94. The first-order valence-corrected chi connectivity index (χ1v) is 4.63. The zero-order valence-corrected chi connectivity index (χ0v) is 7.72. The summed E-state index contributed by atoms with van der Waals surface area (Å²) in [5.74, 6) is 3.92. The molecule has 0 radical (unpaired) electrons. The summed E-state index contributed by atoms with van der Waals surface area (Å²) in [6.07, 6.45) is 2.97. The van der Waals surface area contributed by atoms with Crippen LogP contribution in [0.25, 0.3) is 0 Å². The van der Waals surface area contributed by atoms with Crippen molar-refractivity contribution in [1.82, 2.24) is 0 Å². The molecule has 0 N–H and O–H groups in total. The maximum atomic E-state index is 2.36. The molecule has 0 aromatic rings. The van der Waals surface area contributed by atoms with Gasteiger partial charge in [-0.05, 0) is 36.5 Å². The lowest BCUT2D eigenvalue weighted by Crippen LogP contribution is -2.33. The van der Waals surface area contributed by atoms with Gasteiger partial charge in [0.15, 0.2) is 0 Å². The molecular weight excluding hydrogens is 120 g/mol. The van der Waals surface area contributed by atoms with Crippen LogP contribution in [0.5, 0.6) is 0 Å². The fraction of sp³-hybridized carbons (Fsp3) is 1.00. The zero-order valence-electron chi connectivity index (χ0n) is 7.72. The van der Waals surface area contributed by atoms with E-state index in [1.807, 2.05) is 0 Å². The van der Waals surface area contributed by atoms with Crippen LogP contribution in [0.15, 0.2) is 0 Å². The molecule has 0 heteroatoms. The van der Waals surface area contributed by atoms with Crippen LogP contribution in [0, 0.1) is 23.7 Å². The maximum absolute atomic E-state index is 2.36. The summed E-state index contributed by atoms with van der Waals surface area (Å²) in [4.78, 5) is 0. The van der Waals surface area contributed by atoms with Gasteiger partial charge in [0, 0.05) is 0 Å². The summed E-state index contributed by atoms with van der Waals surface area (Å²) in [5.41, 5.74) is 0. The van der Waals surface area contributed by atoms with E-state index in [4.69, 9.17) is 0 Å². The molecule has 0 aliphatic heterocycles. The van der Waals surface area contributed by atoms with E-state index in [2.05, 4.69) is 27.7 Å². The van der Waals surface area contributed by atoms with Crippen LogP contribution in [0.4, 0.5) is 0 Å². The first-order chi connectivity index (χ1) is 4.63. The molecule has 60 valence electrons. The SMILES string of the molecule is CC(C)[C@H]1CC[C@H]1C(C)C. The Kier molecular flexibility index (Phi) is 2.38. The van der Waals surface area contributed by atoms with E-state index in [-0.39, 0.29) is 0 Å². The summed E-state index contributed by atoms with van der Waals surface area (Å²) < 4.78 is 0. The number of hydrogen-bond acceptors (Lipinski definition) is 0. The van der Waals surface area contributed by atoms with E-state index in [1.165, 1.54) is 12.8 Å². The highest BCUT2D eigenvalue weighted by Gasteiger charge is 2.34. The molecule has 0 bridgehead atoms. The minimum Gasteiger partial charge on any atom is -0.0625 e. The molecule has 0 nitrogen and oxygen atoms in total. The summed E-state index contributed by atoms with van der Waals surface area (Å²) in [6.45, 7) is 9.44. The Hall–Kier alpha value is 0. The van der Waals surface area contributed by atoms with Crippen molar-refractivity contribution in [2.45, 2.75) is 40.5 Å². The van der Waals surface area contributed by atoms with E-state index in [9.17, 15) is 0 Å². The van der Waals surface area contributed by atoms with Crippen molar-refractivity contribution >= 4 is 0 Å². The van der Waals surface area contributed by atoms with Crippen molar-refractivity contribution in [2.24, 2.45) is 23.7 Å². The predicted molar refractivity (Wildman–Crippen MR) is 45.9 cm³/mol. The van der Waals surface area contributed by atoms with Gasteiger partial charge in [-0.3, -0.25) is 0 Å². The highest BCUT2D eigenvalue weighted by atomic mass is 14.4. The second-order valence-corrected chi connectivity index (χ2v) is 4.39. The maximum Gasteiger partial charge on any atom is -0.0360 e. The Morgan fingerprint density at radius 1 is 0.800 bits per heavy atom. The van der Waals surface area contributed by atoms with E-state index in [0.717, 1.165) is 23.7 Å². The molecule has 0 aromatic heterocycles. The quantitative estimate of drug-likeness (QED) is 0.552. The summed E-state index contributed by atoms with van der Waals surface area (Å²) in [5, 5.41) is 0.